The quantitative estimate of drug-likeness (QED) is 0.122. The van der Waals surface area contributed by atoms with Gasteiger partial charge in [0.2, 0.25) is 5.91 Å². The first-order valence-electron chi connectivity index (χ1n) is 18.6. The van der Waals surface area contributed by atoms with E-state index < -0.39 is 36.0 Å². The molecule has 3 amide bonds. The molecule has 2 N–H and O–H groups in total. The highest BCUT2D eigenvalue weighted by Gasteiger charge is 2.57. The molecule has 2 aliphatic rings. The third-order valence-electron chi connectivity index (χ3n) is 10.1. The smallest absolute Gasteiger partial charge is 0.307 e. The maximum atomic E-state index is 15.1. The van der Waals surface area contributed by atoms with Crippen molar-refractivity contribution >= 4 is 29.4 Å². The minimum Gasteiger partial charge on any atom is -0.497 e. The maximum Gasteiger partial charge on any atom is 0.307 e. The molecule has 56 heavy (non-hydrogen) atoms. The lowest BCUT2D eigenvalue weighted by molar-refractivity contribution is -0.152. The Morgan fingerprint density at radius 2 is 1.55 bits per heavy atom. The van der Waals surface area contributed by atoms with E-state index in [1.165, 1.54) is 19.1 Å². The van der Waals surface area contributed by atoms with Crippen LogP contribution in [0.5, 0.6) is 23.0 Å². The molecule has 0 bridgehead atoms. The molecular formula is C43H47N3O10. The van der Waals surface area contributed by atoms with Crippen molar-refractivity contribution in [3.63, 3.8) is 0 Å². The summed E-state index contributed by atoms with van der Waals surface area (Å²) in [4.78, 5) is 60.9. The van der Waals surface area contributed by atoms with E-state index in [0.29, 0.717) is 46.2 Å². The van der Waals surface area contributed by atoms with E-state index in [1.807, 2.05) is 30.3 Å². The average molecular weight is 766 g/mol. The number of amides is 3. The van der Waals surface area contributed by atoms with Gasteiger partial charge in [0, 0.05) is 36.3 Å². The zero-order valence-electron chi connectivity index (χ0n) is 31.9. The normalized spacial score (nSPS) is 18.4. The van der Waals surface area contributed by atoms with Gasteiger partial charge in [-0.2, -0.15) is 0 Å². The van der Waals surface area contributed by atoms with Gasteiger partial charge in [0.15, 0.2) is 11.5 Å². The summed E-state index contributed by atoms with van der Waals surface area (Å²) in [5, 5.41) is 12.5. The summed E-state index contributed by atoms with van der Waals surface area (Å²) in [5.74, 6) is 0.108. The van der Waals surface area contributed by atoms with E-state index in [2.05, 4.69) is 5.32 Å². The van der Waals surface area contributed by atoms with E-state index >= 15 is 4.79 Å². The number of hydrogen-bond acceptors (Lipinski definition) is 10. The summed E-state index contributed by atoms with van der Waals surface area (Å²) < 4.78 is 27.6. The number of ether oxygens (including phenoxy) is 5. The van der Waals surface area contributed by atoms with Gasteiger partial charge in [-0.1, -0.05) is 42.5 Å². The van der Waals surface area contributed by atoms with Crippen LogP contribution in [-0.4, -0.2) is 93.0 Å². The number of esters is 1. The first-order valence-corrected chi connectivity index (χ1v) is 18.6. The zero-order chi connectivity index (χ0) is 39.8. The Balaban J connectivity index is 1.49. The Kier molecular flexibility index (Phi) is 12.8. The summed E-state index contributed by atoms with van der Waals surface area (Å²) in [6.45, 7) is 2.00. The van der Waals surface area contributed by atoms with Gasteiger partial charge < -0.3 is 43.9 Å². The van der Waals surface area contributed by atoms with Crippen molar-refractivity contribution in [1.82, 2.24) is 10.2 Å². The van der Waals surface area contributed by atoms with Crippen molar-refractivity contribution in [2.75, 3.05) is 46.0 Å². The highest BCUT2D eigenvalue weighted by Crippen LogP contribution is 2.48. The van der Waals surface area contributed by atoms with Crippen molar-refractivity contribution in [3.05, 3.63) is 113 Å². The molecule has 0 saturated carbocycles. The number of carbonyl (C=O) groups is 4. The molecule has 2 heterocycles. The summed E-state index contributed by atoms with van der Waals surface area (Å²) in [7, 11) is 4.53. The minimum absolute atomic E-state index is 0.0575. The number of benzene rings is 4. The molecule has 0 spiro atoms. The lowest BCUT2D eigenvalue weighted by Gasteiger charge is -2.50. The molecule has 4 aromatic rings. The Morgan fingerprint density at radius 1 is 0.821 bits per heavy atom. The Hall–Kier alpha value is -6.08. The fourth-order valence-electron chi connectivity index (χ4n) is 7.54. The van der Waals surface area contributed by atoms with Gasteiger partial charge in [-0.25, -0.2) is 0 Å². The van der Waals surface area contributed by atoms with Gasteiger partial charge >= 0.3 is 5.97 Å². The molecule has 1 saturated heterocycles. The Bertz CT molecular complexity index is 2020. The molecule has 13 heteroatoms. The highest BCUT2D eigenvalue weighted by atomic mass is 16.5. The van der Waals surface area contributed by atoms with Gasteiger partial charge in [-0.15, -0.1) is 0 Å². The number of carbonyl (C=O) groups excluding carboxylic acids is 4. The number of piperazine rings is 1. The van der Waals surface area contributed by atoms with Gasteiger partial charge in [0.05, 0.1) is 65.5 Å². The number of nitrogens with zero attached hydrogens (tertiary/aromatic N) is 2. The highest BCUT2D eigenvalue weighted by molar-refractivity contribution is 6.05. The predicted octanol–water partition coefficient (Wildman–Crippen LogP) is 4.68. The molecule has 294 valence electrons. The fourth-order valence-corrected chi connectivity index (χ4v) is 7.54. The van der Waals surface area contributed by atoms with Gasteiger partial charge in [-0.3, -0.25) is 19.2 Å². The van der Waals surface area contributed by atoms with Crippen LogP contribution in [-0.2, 0) is 32.0 Å². The third-order valence-corrected chi connectivity index (χ3v) is 10.1. The number of methoxy groups -OCH3 is 3. The second kappa shape index (κ2) is 18.0. The van der Waals surface area contributed by atoms with E-state index in [-0.39, 0.29) is 56.5 Å². The second-order valence-electron chi connectivity index (χ2n) is 13.5. The predicted molar refractivity (Wildman–Crippen MR) is 207 cm³/mol. The number of fused-ring (bicyclic) bond motifs is 3. The summed E-state index contributed by atoms with van der Waals surface area (Å²) in [6.07, 6.45) is 0.264. The monoisotopic (exact) mass is 765 g/mol. The zero-order valence-corrected chi connectivity index (χ0v) is 31.9. The van der Waals surface area contributed by atoms with Crippen LogP contribution in [0.25, 0.3) is 0 Å². The lowest BCUT2D eigenvalue weighted by atomic mass is 9.87. The fraction of sp³-hybridized carbons (Fsp3) is 0.349. The van der Waals surface area contributed by atoms with E-state index in [4.69, 9.17) is 23.7 Å². The number of hydrogen-bond donors (Lipinski definition) is 2. The molecular weight excluding hydrogens is 718 g/mol. The molecule has 13 nitrogen and oxygen atoms in total. The van der Waals surface area contributed by atoms with Crippen molar-refractivity contribution in [2.45, 2.75) is 56.8 Å². The molecule has 1 unspecified atom stereocenters. The number of aliphatic hydroxyl groups is 1. The maximum absolute atomic E-state index is 15.1. The molecule has 1 fully saturated rings. The molecule has 0 aliphatic carbocycles. The van der Waals surface area contributed by atoms with Crippen LogP contribution in [0.3, 0.4) is 0 Å². The van der Waals surface area contributed by atoms with Crippen LogP contribution in [0.15, 0.2) is 91.0 Å². The minimum atomic E-state index is -1.01. The van der Waals surface area contributed by atoms with E-state index in [9.17, 15) is 19.5 Å². The van der Waals surface area contributed by atoms with Crippen LogP contribution >= 0.6 is 0 Å². The van der Waals surface area contributed by atoms with Crippen LogP contribution in [0.2, 0.25) is 0 Å². The summed E-state index contributed by atoms with van der Waals surface area (Å²) in [5.41, 5.74) is 2.86. The van der Waals surface area contributed by atoms with Crippen LogP contribution in [0.1, 0.15) is 52.9 Å². The largest absolute Gasteiger partial charge is 0.497 e. The second-order valence-corrected chi connectivity index (χ2v) is 13.5. The third kappa shape index (κ3) is 8.42. The average Bonchev–Trinajstić information content (AvgIpc) is 3.53. The molecule has 4 aromatic carbocycles. The van der Waals surface area contributed by atoms with E-state index in [0.717, 1.165) is 5.56 Å². The van der Waals surface area contributed by atoms with Gasteiger partial charge in [-0.05, 0) is 66.6 Å². The first-order chi connectivity index (χ1) is 27.2. The molecule has 4 atom stereocenters. The lowest BCUT2D eigenvalue weighted by Crippen LogP contribution is -2.70. The van der Waals surface area contributed by atoms with Crippen molar-refractivity contribution in [3.8, 4) is 23.0 Å². The number of rotatable bonds is 16. The van der Waals surface area contributed by atoms with E-state index in [1.54, 1.807) is 79.6 Å². The van der Waals surface area contributed by atoms with Crippen LogP contribution < -0.4 is 29.2 Å². The molecule has 0 aromatic heterocycles. The Labute approximate surface area is 326 Å². The number of nitrogens with one attached hydrogen (secondary N) is 1. The number of aliphatic hydroxyl groups excluding tert-OH is 1. The van der Waals surface area contributed by atoms with Crippen molar-refractivity contribution in [1.29, 1.82) is 0 Å². The standard InChI is InChI=1S/C43H47N3O10/c1-5-55-39(49)26-34-41-40(44-42(50)29-14-19-36(53-3)37(24-29)54-4)32-25-31(56-21-9-20-47)17-18-33(32)46(41)43(51)35(22-27-10-7-6-8-11-27)45(34)38(48)23-28-12-15-30(52-2)16-13-28/h6-8,10-19,24-25,34-35,40-41,47H,5,9,20-23,26H2,1-4H3,(H,44,50)/t34?,35-,40-,41+/m0/s1. The Morgan fingerprint density at radius 3 is 2.23 bits per heavy atom. The van der Waals surface area contributed by atoms with Crippen LogP contribution in [0.4, 0.5) is 5.69 Å². The first kappa shape index (κ1) is 39.6. The van der Waals surface area contributed by atoms with Crippen molar-refractivity contribution < 1.29 is 48.0 Å². The van der Waals surface area contributed by atoms with Gasteiger partial charge in [0.25, 0.3) is 11.8 Å². The summed E-state index contributed by atoms with van der Waals surface area (Å²) >= 11 is 0. The summed E-state index contributed by atoms with van der Waals surface area (Å²) in [6, 6.07) is 22.7. The number of anilines is 1. The molecule has 2 aliphatic heterocycles. The topological polar surface area (TPSA) is 153 Å². The van der Waals surface area contributed by atoms with Crippen LogP contribution in [0, 0.1) is 0 Å². The molecule has 0 radical (unpaired) electrons. The SMILES string of the molecule is CCOC(=O)CC1[C@@H]2[C@@H](NC(=O)c3ccc(OC)c(OC)c3)c3cc(OCCCO)ccc3N2C(=O)[C@H](Cc2ccccc2)N1C(=O)Cc1ccc(OC)cc1. The molecule has 6 rings (SSSR count). The van der Waals surface area contributed by atoms with Crippen molar-refractivity contribution in [2.24, 2.45) is 0 Å². The van der Waals surface area contributed by atoms with Gasteiger partial charge in [0.1, 0.15) is 17.5 Å².